The Balaban J connectivity index is 1.99. The molecule has 21 heavy (non-hydrogen) atoms. The molecule has 0 bridgehead atoms. The van der Waals surface area contributed by atoms with Crippen LogP contribution in [0.2, 0.25) is 0 Å². The van der Waals surface area contributed by atoms with Crippen LogP contribution in [0.3, 0.4) is 0 Å². The number of likely N-dealkylation sites (tertiary alicyclic amines) is 1. The van der Waals surface area contributed by atoms with Gasteiger partial charge in [0.2, 0.25) is 0 Å². The maximum absolute atomic E-state index is 13.0. The van der Waals surface area contributed by atoms with E-state index < -0.39 is 17.9 Å². The van der Waals surface area contributed by atoms with E-state index in [2.05, 4.69) is 0 Å². The number of carbonyl (C=O) groups is 2. The molecule has 1 fully saturated rings. The van der Waals surface area contributed by atoms with Gasteiger partial charge in [0.15, 0.2) is 6.10 Å². The minimum Gasteiger partial charge on any atom is -0.449 e. The highest BCUT2D eigenvalue weighted by Crippen LogP contribution is 2.17. The second kappa shape index (κ2) is 6.56. The highest BCUT2D eigenvalue weighted by molar-refractivity contribution is 5.96. The van der Waals surface area contributed by atoms with Crippen LogP contribution in [0.25, 0.3) is 0 Å². The lowest BCUT2D eigenvalue weighted by molar-refractivity contribution is -0.140. The van der Waals surface area contributed by atoms with Crippen LogP contribution in [0.5, 0.6) is 0 Å². The Bertz CT molecular complexity index is 542. The average Bonchev–Trinajstić information content (AvgIpc) is 2.47. The third-order valence-electron chi connectivity index (χ3n) is 3.53. The summed E-state index contributed by atoms with van der Waals surface area (Å²) in [5.74, 6) is -1.45. The van der Waals surface area contributed by atoms with Crippen molar-refractivity contribution in [1.29, 1.82) is 0 Å². The van der Waals surface area contributed by atoms with Crippen molar-refractivity contribution in [3.63, 3.8) is 0 Å². The molecule has 0 spiro atoms. The molecule has 0 aliphatic carbocycles. The first-order chi connectivity index (χ1) is 9.99. The average molecular weight is 294 g/mol. The zero-order valence-corrected chi connectivity index (χ0v) is 12.0. The molecule has 2 rings (SSSR count). The summed E-state index contributed by atoms with van der Waals surface area (Å²) in [6, 6.07) is 3.43. The first kappa shape index (κ1) is 15.3. The number of rotatable bonds is 3. The van der Waals surface area contributed by atoms with Crippen LogP contribution in [0, 0.1) is 5.82 Å². The number of piperidine rings is 1. The van der Waals surface area contributed by atoms with E-state index in [-0.39, 0.29) is 17.2 Å². The lowest BCUT2D eigenvalue weighted by Gasteiger charge is -2.28. The van der Waals surface area contributed by atoms with Crippen LogP contribution >= 0.6 is 0 Å². The number of benzene rings is 1. The van der Waals surface area contributed by atoms with Gasteiger partial charge in [0.25, 0.3) is 5.91 Å². The zero-order valence-electron chi connectivity index (χ0n) is 12.0. The van der Waals surface area contributed by atoms with Gasteiger partial charge in [-0.15, -0.1) is 0 Å². The summed E-state index contributed by atoms with van der Waals surface area (Å²) in [4.78, 5) is 25.8. The van der Waals surface area contributed by atoms with Crippen molar-refractivity contribution < 1.29 is 18.7 Å². The van der Waals surface area contributed by atoms with Gasteiger partial charge in [0.05, 0.1) is 5.56 Å². The SMILES string of the molecule is CC(OC(=O)c1ccc(F)cc1N)C(=O)N1CCCCC1. The number of halogens is 1. The van der Waals surface area contributed by atoms with Crippen LogP contribution in [-0.4, -0.2) is 36.0 Å². The quantitative estimate of drug-likeness (QED) is 0.683. The number of esters is 1. The highest BCUT2D eigenvalue weighted by Gasteiger charge is 2.26. The maximum Gasteiger partial charge on any atom is 0.341 e. The van der Waals surface area contributed by atoms with E-state index in [1.165, 1.54) is 13.0 Å². The molecule has 1 saturated heterocycles. The largest absolute Gasteiger partial charge is 0.449 e. The van der Waals surface area contributed by atoms with Crippen LogP contribution in [0.1, 0.15) is 36.5 Å². The van der Waals surface area contributed by atoms with Crippen molar-refractivity contribution in [1.82, 2.24) is 4.90 Å². The van der Waals surface area contributed by atoms with Crippen molar-refractivity contribution in [2.45, 2.75) is 32.3 Å². The van der Waals surface area contributed by atoms with Crippen LogP contribution < -0.4 is 5.73 Å². The molecular formula is C15H19FN2O3. The molecule has 1 heterocycles. The highest BCUT2D eigenvalue weighted by atomic mass is 19.1. The van der Waals surface area contributed by atoms with Gasteiger partial charge in [0.1, 0.15) is 5.82 Å². The smallest absolute Gasteiger partial charge is 0.341 e. The summed E-state index contributed by atoms with van der Waals surface area (Å²) < 4.78 is 18.1. The molecule has 1 unspecified atom stereocenters. The number of hydrogen-bond acceptors (Lipinski definition) is 4. The Kier molecular flexibility index (Phi) is 4.77. The summed E-state index contributed by atoms with van der Waals surface area (Å²) in [6.07, 6.45) is 2.18. The normalized spacial score (nSPS) is 16.4. The number of nitrogen functional groups attached to an aromatic ring is 1. The van der Waals surface area contributed by atoms with Crippen molar-refractivity contribution in [2.24, 2.45) is 0 Å². The van der Waals surface area contributed by atoms with E-state index in [1.807, 2.05) is 0 Å². The number of ether oxygens (including phenoxy) is 1. The predicted molar refractivity (Wildman–Crippen MR) is 76.1 cm³/mol. The van der Waals surface area contributed by atoms with Crippen molar-refractivity contribution >= 4 is 17.6 Å². The molecule has 6 heteroatoms. The minimum absolute atomic E-state index is 0.00220. The molecule has 1 aromatic rings. The summed E-state index contributed by atoms with van der Waals surface area (Å²) in [5.41, 5.74) is 5.64. The molecule has 1 aliphatic rings. The topological polar surface area (TPSA) is 72.6 Å². The monoisotopic (exact) mass is 294 g/mol. The van der Waals surface area contributed by atoms with E-state index >= 15 is 0 Å². The Morgan fingerprint density at radius 1 is 1.29 bits per heavy atom. The molecule has 2 N–H and O–H groups in total. The first-order valence-electron chi connectivity index (χ1n) is 7.04. The lowest BCUT2D eigenvalue weighted by atomic mass is 10.1. The number of hydrogen-bond donors (Lipinski definition) is 1. The van der Waals surface area contributed by atoms with E-state index in [0.717, 1.165) is 31.4 Å². The third-order valence-corrected chi connectivity index (χ3v) is 3.53. The molecule has 1 atom stereocenters. The fourth-order valence-corrected chi connectivity index (χ4v) is 2.37. The van der Waals surface area contributed by atoms with Gasteiger partial charge < -0.3 is 15.4 Å². The third kappa shape index (κ3) is 3.71. The van der Waals surface area contributed by atoms with Gasteiger partial charge in [0, 0.05) is 18.8 Å². The van der Waals surface area contributed by atoms with Gasteiger partial charge in [-0.1, -0.05) is 0 Å². The number of nitrogens with zero attached hydrogens (tertiary/aromatic N) is 1. The Hall–Kier alpha value is -2.11. The molecule has 114 valence electrons. The summed E-state index contributed by atoms with van der Waals surface area (Å²) in [5, 5.41) is 0. The van der Waals surface area contributed by atoms with Crippen LogP contribution in [0.15, 0.2) is 18.2 Å². The fraction of sp³-hybridized carbons (Fsp3) is 0.467. The molecule has 1 aromatic carbocycles. The van der Waals surface area contributed by atoms with Crippen molar-refractivity contribution in [3.05, 3.63) is 29.6 Å². The van der Waals surface area contributed by atoms with Gasteiger partial charge in [-0.25, -0.2) is 9.18 Å². The Morgan fingerprint density at radius 3 is 2.57 bits per heavy atom. The molecule has 0 aromatic heterocycles. The van der Waals surface area contributed by atoms with E-state index in [0.29, 0.717) is 13.1 Å². The van der Waals surface area contributed by atoms with Gasteiger partial charge in [-0.2, -0.15) is 0 Å². The summed E-state index contributed by atoms with van der Waals surface area (Å²) in [6.45, 7) is 2.92. The van der Waals surface area contributed by atoms with E-state index in [9.17, 15) is 14.0 Å². The summed E-state index contributed by atoms with van der Waals surface area (Å²) in [7, 11) is 0. The lowest BCUT2D eigenvalue weighted by Crippen LogP contribution is -2.42. The Labute approximate surface area is 122 Å². The second-order valence-electron chi connectivity index (χ2n) is 5.17. The van der Waals surface area contributed by atoms with Gasteiger partial charge >= 0.3 is 5.97 Å². The number of anilines is 1. The second-order valence-corrected chi connectivity index (χ2v) is 5.17. The standard InChI is InChI=1S/C15H19FN2O3/c1-10(14(19)18-7-3-2-4-8-18)21-15(20)12-6-5-11(16)9-13(12)17/h5-6,9-10H,2-4,7-8,17H2,1H3. The van der Waals surface area contributed by atoms with Crippen LogP contribution in [-0.2, 0) is 9.53 Å². The molecule has 5 nitrogen and oxygen atoms in total. The minimum atomic E-state index is -0.875. The number of amides is 1. The molecule has 0 saturated carbocycles. The molecule has 1 aliphatic heterocycles. The zero-order chi connectivity index (χ0) is 15.4. The van der Waals surface area contributed by atoms with Crippen molar-refractivity contribution in [3.8, 4) is 0 Å². The fourth-order valence-electron chi connectivity index (χ4n) is 2.37. The number of carbonyl (C=O) groups excluding carboxylic acids is 2. The summed E-state index contributed by atoms with van der Waals surface area (Å²) >= 11 is 0. The first-order valence-corrected chi connectivity index (χ1v) is 7.04. The molecule has 1 amide bonds. The maximum atomic E-state index is 13.0. The van der Waals surface area contributed by atoms with Crippen LogP contribution in [0.4, 0.5) is 10.1 Å². The van der Waals surface area contributed by atoms with Crippen molar-refractivity contribution in [2.75, 3.05) is 18.8 Å². The van der Waals surface area contributed by atoms with E-state index in [1.54, 1.807) is 4.90 Å². The van der Waals surface area contributed by atoms with E-state index in [4.69, 9.17) is 10.5 Å². The van der Waals surface area contributed by atoms with Gasteiger partial charge in [-0.3, -0.25) is 4.79 Å². The predicted octanol–water partition coefficient (Wildman–Crippen LogP) is 1.97. The number of nitrogens with two attached hydrogens (primary N) is 1. The van der Waals surface area contributed by atoms with Gasteiger partial charge in [-0.05, 0) is 44.4 Å². The molecular weight excluding hydrogens is 275 g/mol. The Morgan fingerprint density at radius 2 is 1.95 bits per heavy atom. The molecule has 0 radical (unpaired) electrons.